The predicted octanol–water partition coefficient (Wildman–Crippen LogP) is 4.61. The summed E-state index contributed by atoms with van der Waals surface area (Å²) in [5, 5.41) is 0.542. The van der Waals surface area contributed by atoms with E-state index in [0.717, 1.165) is 17.7 Å². The summed E-state index contributed by atoms with van der Waals surface area (Å²) >= 11 is 6.02. The average molecular weight is 429 g/mol. The third-order valence-corrected chi connectivity index (χ3v) is 5.59. The van der Waals surface area contributed by atoms with Crippen LogP contribution in [0.15, 0.2) is 48.5 Å². The number of nitrogens with zero attached hydrogens (tertiary/aromatic N) is 2. The quantitative estimate of drug-likeness (QED) is 0.699. The van der Waals surface area contributed by atoms with E-state index in [1.807, 2.05) is 24.3 Å². The Kier molecular flexibility index (Phi) is 7.38. The van der Waals surface area contributed by atoms with Crippen LogP contribution in [0.2, 0.25) is 5.02 Å². The second kappa shape index (κ2) is 9.98. The van der Waals surface area contributed by atoms with Gasteiger partial charge in [0.15, 0.2) is 6.10 Å². The van der Waals surface area contributed by atoms with E-state index < -0.39 is 6.10 Å². The van der Waals surface area contributed by atoms with Gasteiger partial charge in [-0.2, -0.15) is 0 Å². The van der Waals surface area contributed by atoms with Crippen LogP contribution in [0.1, 0.15) is 49.0 Å². The highest BCUT2D eigenvalue weighted by molar-refractivity contribution is 6.30. The van der Waals surface area contributed by atoms with Crippen LogP contribution < -0.4 is 4.74 Å². The lowest BCUT2D eigenvalue weighted by molar-refractivity contribution is -0.137. The molecule has 1 fully saturated rings. The van der Waals surface area contributed by atoms with E-state index in [4.69, 9.17) is 16.3 Å². The molecule has 0 bridgehead atoms. The summed E-state index contributed by atoms with van der Waals surface area (Å²) in [5.74, 6) is 0.959. The molecule has 0 N–H and O–H groups in total. The second-order valence-corrected chi connectivity index (χ2v) is 8.37. The van der Waals surface area contributed by atoms with Gasteiger partial charge in [0.25, 0.3) is 11.8 Å². The minimum Gasteiger partial charge on any atom is -0.481 e. The number of para-hydroxylation sites is 1. The van der Waals surface area contributed by atoms with E-state index in [2.05, 4.69) is 13.8 Å². The molecular formula is C24H29ClN2O3. The molecule has 0 radical (unpaired) electrons. The van der Waals surface area contributed by atoms with Crippen LogP contribution in [0, 0.1) is 0 Å². The Labute approximate surface area is 183 Å². The molecular weight excluding hydrogens is 400 g/mol. The highest BCUT2D eigenvalue weighted by Gasteiger charge is 2.27. The van der Waals surface area contributed by atoms with E-state index in [1.54, 1.807) is 41.0 Å². The fraction of sp³-hybridized carbons (Fsp3) is 0.417. The number of amides is 2. The lowest BCUT2D eigenvalue weighted by atomic mass is 10.0. The zero-order valence-corrected chi connectivity index (χ0v) is 18.6. The zero-order valence-electron chi connectivity index (χ0n) is 17.8. The summed E-state index contributed by atoms with van der Waals surface area (Å²) in [6.45, 7) is 8.21. The molecule has 2 aromatic carbocycles. The van der Waals surface area contributed by atoms with Crippen molar-refractivity contribution in [1.82, 2.24) is 9.80 Å². The van der Waals surface area contributed by atoms with Gasteiger partial charge in [-0.3, -0.25) is 9.59 Å². The third kappa shape index (κ3) is 5.33. The summed E-state index contributed by atoms with van der Waals surface area (Å²) in [6, 6.07) is 14.8. The molecule has 30 heavy (non-hydrogen) atoms. The number of rotatable bonds is 5. The molecule has 5 nitrogen and oxygen atoms in total. The normalized spacial score (nSPS) is 15.6. The summed E-state index contributed by atoms with van der Waals surface area (Å²) < 4.78 is 6.03. The van der Waals surface area contributed by atoms with Gasteiger partial charge in [0.1, 0.15) is 5.75 Å². The van der Waals surface area contributed by atoms with Gasteiger partial charge in [0.05, 0.1) is 0 Å². The molecule has 1 aliphatic rings. The lowest BCUT2D eigenvalue weighted by Crippen LogP contribution is -2.43. The maximum Gasteiger partial charge on any atom is 0.263 e. The van der Waals surface area contributed by atoms with Crippen LogP contribution in [-0.4, -0.2) is 53.9 Å². The summed E-state index contributed by atoms with van der Waals surface area (Å²) in [4.78, 5) is 29.4. The number of ether oxygens (including phenoxy) is 1. The van der Waals surface area contributed by atoms with Crippen LogP contribution in [0.3, 0.4) is 0 Å². The third-order valence-electron chi connectivity index (χ3n) is 5.36. The monoisotopic (exact) mass is 428 g/mol. The van der Waals surface area contributed by atoms with Crippen molar-refractivity contribution in [1.29, 1.82) is 0 Å². The average Bonchev–Trinajstić information content (AvgIpc) is 2.99. The minimum atomic E-state index is -0.583. The van der Waals surface area contributed by atoms with E-state index in [1.165, 1.54) is 0 Å². The summed E-state index contributed by atoms with van der Waals surface area (Å²) in [6.07, 6.45) is 0.146. The summed E-state index contributed by atoms with van der Waals surface area (Å²) in [7, 11) is 0. The van der Waals surface area contributed by atoms with Crippen LogP contribution in [0.4, 0.5) is 0 Å². The van der Waals surface area contributed by atoms with Gasteiger partial charge in [0.2, 0.25) is 0 Å². The van der Waals surface area contributed by atoms with E-state index >= 15 is 0 Å². The Bertz CT molecular complexity index is 900. The highest BCUT2D eigenvalue weighted by Crippen LogP contribution is 2.27. The van der Waals surface area contributed by atoms with Gasteiger partial charge in [-0.25, -0.2) is 0 Å². The van der Waals surface area contributed by atoms with Crippen LogP contribution >= 0.6 is 11.6 Å². The first-order valence-corrected chi connectivity index (χ1v) is 10.8. The first-order valence-electron chi connectivity index (χ1n) is 10.5. The van der Waals surface area contributed by atoms with Gasteiger partial charge in [-0.05, 0) is 49.1 Å². The van der Waals surface area contributed by atoms with Crippen molar-refractivity contribution in [3.63, 3.8) is 0 Å². The van der Waals surface area contributed by atoms with Crippen molar-refractivity contribution < 1.29 is 14.3 Å². The molecule has 2 aromatic rings. The maximum atomic E-state index is 13.0. The molecule has 1 saturated heterocycles. The highest BCUT2D eigenvalue weighted by atomic mass is 35.5. The standard InChI is InChI=1S/C24H29ClN2O3/c1-17(2)21-10-4-5-11-22(21)30-18(3)23(28)26-12-7-13-27(15-14-26)24(29)19-8-6-9-20(25)16-19/h4-6,8-11,16-18H,7,12-15H2,1-3H3. The van der Waals surface area contributed by atoms with Gasteiger partial charge in [-0.1, -0.05) is 49.7 Å². The Morgan fingerprint density at radius 3 is 2.37 bits per heavy atom. The topological polar surface area (TPSA) is 49.9 Å². The molecule has 0 aromatic heterocycles. The summed E-state index contributed by atoms with van der Waals surface area (Å²) in [5.41, 5.74) is 1.66. The molecule has 1 heterocycles. The van der Waals surface area contributed by atoms with Crippen molar-refractivity contribution >= 4 is 23.4 Å². The molecule has 3 rings (SSSR count). The van der Waals surface area contributed by atoms with Crippen LogP contribution in [0.25, 0.3) is 0 Å². The van der Waals surface area contributed by atoms with Gasteiger partial charge >= 0.3 is 0 Å². The van der Waals surface area contributed by atoms with Gasteiger partial charge in [0, 0.05) is 36.8 Å². The van der Waals surface area contributed by atoms with Crippen molar-refractivity contribution in [3.05, 3.63) is 64.7 Å². The first kappa shape index (κ1) is 22.2. The SMILES string of the molecule is CC(Oc1ccccc1C(C)C)C(=O)N1CCCN(C(=O)c2cccc(Cl)c2)CC1. The molecule has 160 valence electrons. The molecule has 1 atom stereocenters. The Morgan fingerprint density at radius 1 is 0.933 bits per heavy atom. The Hall–Kier alpha value is -2.53. The predicted molar refractivity (Wildman–Crippen MR) is 119 cm³/mol. The smallest absolute Gasteiger partial charge is 0.263 e. The Morgan fingerprint density at radius 2 is 1.63 bits per heavy atom. The van der Waals surface area contributed by atoms with Gasteiger partial charge < -0.3 is 14.5 Å². The van der Waals surface area contributed by atoms with Crippen LogP contribution in [-0.2, 0) is 4.79 Å². The maximum absolute atomic E-state index is 13.0. The number of benzene rings is 2. The molecule has 0 aliphatic carbocycles. The van der Waals surface area contributed by atoms with Crippen molar-refractivity contribution in [3.8, 4) is 5.75 Å². The van der Waals surface area contributed by atoms with E-state index in [0.29, 0.717) is 42.7 Å². The minimum absolute atomic E-state index is 0.0504. The molecule has 2 amide bonds. The first-order chi connectivity index (χ1) is 14.4. The fourth-order valence-corrected chi connectivity index (χ4v) is 3.90. The van der Waals surface area contributed by atoms with Crippen molar-refractivity contribution in [2.75, 3.05) is 26.2 Å². The van der Waals surface area contributed by atoms with Gasteiger partial charge in [-0.15, -0.1) is 0 Å². The molecule has 0 saturated carbocycles. The molecule has 6 heteroatoms. The largest absolute Gasteiger partial charge is 0.481 e. The molecule has 0 spiro atoms. The molecule has 1 unspecified atom stereocenters. The zero-order chi connectivity index (χ0) is 21.7. The van der Waals surface area contributed by atoms with E-state index in [9.17, 15) is 9.59 Å². The number of halogens is 1. The number of hydrogen-bond donors (Lipinski definition) is 0. The van der Waals surface area contributed by atoms with E-state index in [-0.39, 0.29) is 11.8 Å². The number of hydrogen-bond acceptors (Lipinski definition) is 3. The van der Waals surface area contributed by atoms with Crippen molar-refractivity contribution in [2.24, 2.45) is 0 Å². The van der Waals surface area contributed by atoms with Crippen LogP contribution in [0.5, 0.6) is 5.75 Å². The lowest BCUT2D eigenvalue weighted by Gasteiger charge is -2.26. The molecule has 1 aliphatic heterocycles. The number of carbonyl (C=O) groups excluding carboxylic acids is 2. The Balaban J connectivity index is 1.62. The van der Waals surface area contributed by atoms with Crippen molar-refractivity contribution in [2.45, 2.75) is 39.2 Å². The number of carbonyl (C=O) groups is 2. The fourth-order valence-electron chi connectivity index (χ4n) is 3.71. The second-order valence-electron chi connectivity index (χ2n) is 7.93.